The highest BCUT2D eigenvalue weighted by Gasteiger charge is 2.14. The van der Waals surface area contributed by atoms with Crippen molar-refractivity contribution in [2.24, 2.45) is 0 Å². The predicted molar refractivity (Wildman–Crippen MR) is 39.9 cm³/mol. The van der Waals surface area contributed by atoms with Gasteiger partial charge in [0.2, 0.25) is 0 Å². The van der Waals surface area contributed by atoms with E-state index in [-0.39, 0.29) is 6.67 Å². The molecule has 1 aliphatic heterocycles. The van der Waals surface area contributed by atoms with Crippen molar-refractivity contribution in [3.05, 3.63) is 0 Å². The zero-order chi connectivity index (χ0) is 7.40. The van der Waals surface area contributed by atoms with Crippen LogP contribution in [0.5, 0.6) is 0 Å². The fourth-order valence-corrected chi connectivity index (χ4v) is 1.32. The van der Waals surface area contributed by atoms with E-state index in [1.807, 2.05) is 0 Å². The molecule has 0 aromatic rings. The van der Waals surface area contributed by atoms with Crippen LogP contribution in [0.2, 0.25) is 0 Å². The standard InChI is InChI=1S/C7H15FN2/c1-10-5-4-9-7(6-10)2-3-8/h7,9H,2-6H2,1H3. The van der Waals surface area contributed by atoms with E-state index < -0.39 is 0 Å². The predicted octanol–water partition coefficient (Wildman–Crippen LogP) is 0.250. The lowest BCUT2D eigenvalue weighted by molar-refractivity contribution is 0.223. The van der Waals surface area contributed by atoms with Gasteiger partial charge in [0.25, 0.3) is 0 Å². The Hall–Kier alpha value is -0.150. The summed E-state index contributed by atoms with van der Waals surface area (Å²) >= 11 is 0. The molecule has 1 rings (SSSR count). The van der Waals surface area contributed by atoms with Gasteiger partial charge in [0.15, 0.2) is 0 Å². The Morgan fingerprint density at radius 2 is 2.50 bits per heavy atom. The van der Waals surface area contributed by atoms with Gasteiger partial charge in [-0.25, -0.2) is 0 Å². The highest BCUT2D eigenvalue weighted by molar-refractivity contribution is 4.75. The van der Waals surface area contributed by atoms with Gasteiger partial charge in [0.1, 0.15) is 0 Å². The summed E-state index contributed by atoms with van der Waals surface area (Å²) in [5.74, 6) is 0. The molecule has 0 radical (unpaired) electrons. The molecule has 10 heavy (non-hydrogen) atoms. The number of likely N-dealkylation sites (N-methyl/N-ethyl adjacent to an activating group) is 1. The van der Waals surface area contributed by atoms with Crippen molar-refractivity contribution >= 4 is 0 Å². The first-order valence-corrected chi connectivity index (χ1v) is 3.81. The lowest BCUT2D eigenvalue weighted by Crippen LogP contribution is -2.49. The summed E-state index contributed by atoms with van der Waals surface area (Å²) in [5, 5.41) is 3.27. The summed E-state index contributed by atoms with van der Waals surface area (Å²) in [6.07, 6.45) is 0.657. The van der Waals surface area contributed by atoms with Crippen LogP contribution in [0, 0.1) is 0 Å². The topological polar surface area (TPSA) is 15.3 Å². The minimum absolute atomic E-state index is 0.203. The van der Waals surface area contributed by atoms with Gasteiger partial charge in [0, 0.05) is 25.7 Å². The molecule has 0 bridgehead atoms. The van der Waals surface area contributed by atoms with E-state index in [1.54, 1.807) is 0 Å². The third kappa shape index (κ3) is 2.23. The molecule has 3 heteroatoms. The number of rotatable bonds is 2. The molecule has 1 heterocycles. The van der Waals surface area contributed by atoms with Crippen molar-refractivity contribution < 1.29 is 4.39 Å². The summed E-state index contributed by atoms with van der Waals surface area (Å²) in [6, 6.07) is 0.378. The minimum Gasteiger partial charge on any atom is -0.311 e. The molecule has 0 aliphatic carbocycles. The maximum atomic E-state index is 11.8. The van der Waals surface area contributed by atoms with E-state index in [9.17, 15) is 4.39 Å². The van der Waals surface area contributed by atoms with E-state index in [4.69, 9.17) is 0 Å². The number of nitrogens with one attached hydrogen (secondary N) is 1. The normalized spacial score (nSPS) is 28.8. The second-order valence-corrected chi connectivity index (χ2v) is 2.89. The van der Waals surface area contributed by atoms with Crippen LogP contribution in [-0.4, -0.2) is 44.3 Å². The lowest BCUT2D eigenvalue weighted by atomic mass is 10.2. The number of hydrogen-bond donors (Lipinski definition) is 1. The molecule has 0 saturated carbocycles. The van der Waals surface area contributed by atoms with Crippen LogP contribution in [-0.2, 0) is 0 Å². The van der Waals surface area contributed by atoms with E-state index in [2.05, 4.69) is 17.3 Å². The maximum Gasteiger partial charge on any atom is 0.0909 e. The molecule has 0 spiro atoms. The first-order valence-electron chi connectivity index (χ1n) is 3.81. The number of alkyl halides is 1. The summed E-state index contributed by atoms with van der Waals surface area (Å²) in [6.45, 7) is 2.87. The smallest absolute Gasteiger partial charge is 0.0909 e. The third-order valence-electron chi connectivity index (χ3n) is 1.92. The first kappa shape index (κ1) is 7.95. The Morgan fingerprint density at radius 1 is 1.70 bits per heavy atom. The molecule has 1 fully saturated rings. The van der Waals surface area contributed by atoms with Crippen molar-refractivity contribution in [1.82, 2.24) is 10.2 Å². The maximum absolute atomic E-state index is 11.8. The van der Waals surface area contributed by atoms with Crippen molar-refractivity contribution in [2.75, 3.05) is 33.4 Å². The van der Waals surface area contributed by atoms with Gasteiger partial charge in [-0.3, -0.25) is 4.39 Å². The average molecular weight is 146 g/mol. The molecule has 0 amide bonds. The Balaban J connectivity index is 2.18. The van der Waals surface area contributed by atoms with Gasteiger partial charge in [-0.2, -0.15) is 0 Å². The number of hydrogen-bond acceptors (Lipinski definition) is 2. The molecule has 1 aliphatic rings. The van der Waals surface area contributed by atoms with Gasteiger partial charge in [-0.15, -0.1) is 0 Å². The van der Waals surface area contributed by atoms with Gasteiger partial charge in [-0.05, 0) is 13.5 Å². The van der Waals surface area contributed by atoms with Gasteiger partial charge < -0.3 is 10.2 Å². The Bertz CT molecular complexity index is 95.6. The van der Waals surface area contributed by atoms with Crippen LogP contribution in [0.15, 0.2) is 0 Å². The number of nitrogens with zero attached hydrogens (tertiary/aromatic N) is 1. The van der Waals surface area contributed by atoms with Gasteiger partial charge >= 0.3 is 0 Å². The fourth-order valence-electron chi connectivity index (χ4n) is 1.32. The van der Waals surface area contributed by atoms with Crippen LogP contribution in [0.4, 0.5) is 4.39 Å². The minimum atomic E-state index is -0.203. The Morgan fingerprint density at radius 3 is 3.10 bits per heavy atom. The molecule has 1 saturated heterocycles. The summed E-state index contributed by atoms with van der Waals surface area (Å²) in [7, 11) is 2.08. The second kappa shape index (κ2) is 3.88. The summed E-state index contributed by atoms with van der Waals surface area (Å²) < 4.78 is 11.8. The van der Waals surface area contributed by atoms with E-state index >= 15 is 0 Å². The van der Waals surface area contributed by atoms with Gasteiger partial charge in [-0.1, -0.05) is 0 Å². The van der Waals surface area contributed by atoms with Crippen LogP contribution >= 0.6 is 0 Å². The Kier molecular flexibility index (Phi) is 3.09. The van der Waals surface area contributed by atoms with Crippen LogP contribution in [0.1, 0.15) is 6.42 Å². The molecule has 1 N–H and O–H groups in total. The third-order valence-corrected chi connectivity index (χ3v) is 1.92. The zero-order valence-electron chi connectivity index (χ0n) is 6.44. The molecule has 1 unspecified atom stereocenters. The average Bonchev–Trinajstić information content (AvgIpc) is 1.88. The molecule has 2 nitrogen and oxygen atoms in total. The SMILES string of the molecule is CN1CCNC(CCF)C1. The number of halogens is 1. The molecular weight excluding hydrogens is 131 g/mol. The molecule has 0 aromatic carbocycles. The summed E-state index contributed by atoms with van der Waals surface area (Å²) in [4.78, 5) is 2.23. The zero-order valence-corrected chi connectivity index (χ0v) is 6.44. The quantitative estimate of drug-likeness (QED) is 0.600. The summed E-state index contributed by atoms with van der Waals surface area (Å²) in [5.41, 5.74) is 0. The van der Waals surface area contributed by atoms with Crippen molar-refractivity contribution in [3.8, 4) is 0 Å². The van der Waals surface area contributed by atoms with E-state index in [0.717, 1.165) is 19.6 Å². The largest absolute Gasteiger partial charge is 0.311 e. The van der Waals surface area contributed by atoms with Crippen LogP contribution < -0.4 is 5.32 Å². The highest BCUT2D eigenvalue weighted by Crippen LogP contribution is 1.99. The monoisotopic (exact) mass is 146 g/mol. The van der Waals surface area contributed by atoms with Crippen LogP contribution in [0.3, 0.4) is 0 Å². The van der Waals surface area contributed by atoms with Gasteiger partial charge in [0.05, 0.1) is 6.67 Å². The van der Waals surface area contributed by atoms with Crippen molar-refractivity contribution in [3.63, 3.8) is 0 Å². The van der Waals surface area contributed by atoms with E-state index in [0.29, 0.717) is 12.5 Å². The van der Waals surface area contributed by atoms with Crippen LogP contribution in [0.25, 0.3) is 0 Å². The molecule has 1 atom stereocenters. The van der Waals surface area contributed by atoms with Crippen molar-refractivity contribution in [1.29, 1.82) is 0 Å². The lowest BCUT2D eigenvalue weighted by Gasteiger charge is -2.30. The van der Waals surface area contributed by atoms with Crippen molar-refractivity contribution in [2.45, 2.75) is 12.5 Å². The Labute approximate surface area is 61.4 Å². The highest BCUT2D eigenvalue weighted by atomic mass is 19.1. The first-order chi connectivity index (χ1) is 4.83. The molecule has 0 aromatic heterocycles. The fraction of sp³-hybridized carbons (Fsp3) is 1.00. The van der Waals surface area contributed by atoms with E-state index in [1.165, 1.54) is 0 Å². The number of piperazine rings is 1. The molecule has 60 valence electrons. The second-order valence-electron chi connectivity index (χ2n) is 2.89. The molecular formula is C7H15FN2.